The maximum Gasteiger partial charge on any atom is 0.239 e. The summed E-state index contributed by atoms with van der Waals surface area (Å²) >= 11 is 0. The van der Waals surface area contributed by atoms with E-state index in [9.17, 15) is 4.79 Å². The molecule has 0 spiro atoms. The third-order valence-corrected chi connectivity index (χ3v) is 2.53. The van der Waals surface area contributed by atoms with Gasteiger partial charge in [-0.25, -0.2) is 0 Å². The van der Waals surface area contributed by atoms with Gasteiger partial charge in [-0.1, -0.05) is 13.8 Å². The van der Waals surface area contributed by atoms with Crippen LogP contribution in [0, 0.1) is 5.92 Å². The van der Waals surface area contributed by atoms with Gasteiger partial charge in [-0.15, -0.1) is 0 Å². The molecule has 2 rings (SSSR count). The second kappa shape index (κ2) is 5.62. The summed E-state index contributed by atoms with van der Waals surface area (Å²) in [6, 6.07) is 5.53. The highest BCUT2D eigenvalue weighted by Crippen LogP contribution is 2.34. The molecule has 98 valence electrons. The summed E-state index contributed by atoms with van der Waals surface area (Å²) in [5, 5.41) is 5.90. The molecule has 0 fully saturated rings. The van der Waals surface area contributed by atoms with E-state index in [1.165, 1.54) is 0 Å². The molecule has 5 nitrogen and oxygen atoms in total. The Bertz CT molecular complexity index is 432. The molecule has 18 heavy (non-hydrogen) atoms. The quantitative estimate of drug-likeness (QED) is 0.833. The molecule has 0 saturated heterocycles. The smallest absolute Gasteiger partial charge is 0.239 e. The zero-order valence-electron chi connectivity index (χ0n) is 10.7. The van der Waals surface area contributed by atoms with E-state index in [2.05, 4.69) is 24.5 Å². The predicted octanol–water partition coefficient (Wildman–Crippen LogP) is 1.60. The first-order valence-electron chi connectivity index (χ1n) is 6.05. The lowest BCUT2D eigenvalue weighted by molar-refractivity contribution is -0.119. The van der Waals surface area contributed by atoms with Crippen molar-refractivity contribution in [3.8, 4) is 11.5 Å². The molecule has 0 radical (unpaired) electrons. The van der Waals surface area contributed by atoms with Gasteiger partial charge in [0.1, 0.15) is 0 Å². The van der Waals surface area contributed by atoms with Crippen LogP contribution >= 0.6 is 0 Å². The first-order valence-corrected chi connectivity index (χ1v) is 6.05. The van der Waals surface area contributed by atoms with Gasteiger partial charge in [0.15, 0.2) is 11.5 Å². The monoisotopic (exact) mass is 250 g/mol. The highest BCUT2D eigenvalue weighted by molar-refractivity contribution is 5.80. The summed E-state index contributed by atoms with van der Waals surface area (Å²) in [6.07, 6.45) is 0. The van der Waals surface area contributed by atoms with E-state index in [1.54, 1.807) is 0 Å². The van der Waals surface area contributed by atoms with E-state index < -0.39 is 0 Å². The molecule has 1 amide bonds. The van der Waals surface area contributed by atoms with Crippen molar-refractivity contribution in [1.29, 1.82) is 0 Å². The largest absolute Gasteiger partial charge is 0.454 e. The Hall–Kier alpha value is -1.91. The van der Waals surface area contributed by atoms with Crippen molar-refractivity contribution in [3.63, 3.8) is 0 Å². The fraction of sp³-hybridized carbons (Fsp3) is 0.462. The van der Waals surface area contributed by atoms with Crippen LogP contribution in [0.25, 0.3) is 0 Å². The number of rotatable bonds is 5. The number of amides is 1. The number of anilines is 1. The van der Waals surface area contributed by atoms with Crippen molar-refractivity contribution in [2.75, 3.05) is 25.2 Å². The predicted molar refractivity (Wildman–Crippen MR) is 68.9 cm³/mol. The first-order chi connectivity index (χ1) is 8.65. The third-order valence-electron chi connectivity index (χ3n) is 2.53. The van der Waals surface area contributed by atoms with Gasteiger partial charge in [-0.2, -0.15) is 0 Å². The van der Waals surface area contributed by atoms with Crippen LogP contribution in [0.5, 0.6) is 11.5 Å². The summed E-state index contributed by atoms with van der Waals surface area (Å²) in [7, 11) is 0. The number of hydrogen-bond donors (Lipinski definition) is 2. The van der Waals surface area contributed by atoms with Crippen molar-refractivity contribution in [2.45, 2.75) is 13.8 Å². The number of fused-ring (bicyclic) bond motifs is 1. The minimum atomic E-state index is -0.0126. The lowest BCUT2D eigenvalue weighted by Gasteiger charge is -2.09. The van der Waals surface area contributed by atoms with Crippen molar-refractivity contribution >= 4 is 11.6 Å². The van der Waals surface area contributed by atoms with Crippen molar-refractivity contribution in [2.24, 2.45) is 5.92 Å². The molecule has 0 atom stereocenters. The Morgan fingerprint density at radius 3 is 2.89 bits per heavy atom. The number of nitrogens with one attached hydrogen (secondary N) is 2. The van der Waals surface area contributed by atoms with Crippen LogP contribution < -0.4 is 20.1 Å². The van der Waals surface area contributed by atoms with Gasteiger partial charge in [-0.3, -0.25) is 4.79 Å². The SMILES string of the molecule is CC(C)CNC(=O)CNc1ccc2c(c1)OCO2. The third kappa shape index (κ3) is 3.29. The molecule has 2 N–H and O–H groups in total. The summed E-state index contributed by atoms with van der Waals surface area (Å²) in [4.78, 5) is 11.5. The Balaban J connectivity index is 1.81. The van der Waals surface area contributed by atoms with E-state index >= 15 is 0 Å². The topological polar surface area (TPSA) is 59.6 Å². The summed E-state index contributed by atoms with van der Waals surface area (Å²) in [5.41, 5.74) is 0.846. The highest BCUT2D eigenvalue weighted by Gasteiger charge is 2.13. The van der Waals surface area contributed by atoms with Crippen LogP contribution in [0.2, 0.25) is 0 Å². The van der Waals surface area contributed by atoms with Crippen LogP contribution in [0.1, 0.15) is 13.8 Å². The normalized spacial score (nSPS) is 12.6. The van der Waals surface area contributed by atoms with Gasteiger partial charge < -0.3 is 20.1 Å². The first kappa shape index (κ1) is 12.5. The van der Waals surface area contributed by atoms with Gasteiger partial charge in [0, 0.05) is 18.3 Å². The molecular weight excluding hydrogens is 232 g/mol. The Morgan fingerprint density at radius 2 is 2.11 bits per heavy atom. The maximum absolute atomic E-state index is 11.5. The molecule has 1 aromatic carbocycles. The standard InChI is InChI=1S/C13H18N2O3/c1-9(2)6-15-13(16)7-14-10-3-4-11-12(5-10)18-8-17-11/h3-5,9,14H,6-8H2,1-2H3,(H,15,16). The molecule has 5 heteroatoms. The fourth-order valence-electron chi connectivity index (χ4n) is 1.57. The minimum Gasteiger partial charge on any atom is -0.454 e. The van der Waals surface area contributed by atoms with E-state index in [0.717, 1.165) is 11.4 Å². The van der Waals surface area contributed by atoms with E-state index in [4.69, 9.17) is 9.47 Å². The second-order valence-electron chi connectivity index (χ2n) is 4.62. The van der Waals surface area contributed by atoms with Crippen LogP contribution in [0.4, 0.5) is 5.69 Å². The van der Waals surface area contributed by atoms with Crippen LogP contribution in [0.15, 0.2) is 18.2 Å². The van der Waals surface area contributed by atoms with Crippen molar-refractivity contribution in [3.05, 3.63) is 18.2 Å². The van der Waals surface area contributed by atoms with E-state index in [0.29, 0.717) is 18.2 Å². The summed E-state index contributed by atoms with van der Waals surface area (Å²) in [5.74, 6) is 1.90. The number of ether oxygens (including phenoxy) is 2. The average molecular weight is 250 g/mol. The molecule has 1 heterocycles. The lowest BCUT2D eigenvalue weighted by atomic mass is 10.2. The second-order valence-corrected chi connectivity index (χ2v) is 4.62. The summed E-state index contributed by atoms with van der Waals surface area (Å²) < 4.78 is 10.5. The number of benzene rings is 1. The van der Waals surface area contributed by atoms with Crippen LogP contribution in [-0.2, 0) is 4.79 Å². The highest BCUT2D eigenvalue weighted by atomic mass is 16.7. The molecule has 1 aromatic rings. The zero-order chi connectivity index (χ0) is 13.0. The Morgan fingerprint density at radius 1 is 1.33 bits per heavy atom. The van der Waals surface area contributed by atoms with Gasteiger partial charge in [0.25, 0.3) is 0 Å². The molecule has 1 aliphatic rings. The van der Waals surface area contributed by atoms with Gasteiger partial charge in [-0.05, 0) is 18.1 Å². The molecule has 0 bridgehead atoms. The lowest BCUT2D eigenvalue weighted by Crippen LogP contribution is -2.32. The minimum absolute atomic E-state index is 0.0126. The Labute approximate surface area is 106 Å². The van der Waals surface area contributed by atoms with Gasteiger partial charge >= 0.3 is 0 Å². The molecule has 0 aromatic heterocycles. The molecule has 1 aliphatic heterocycles. The van der Waals surface area contributed by atoms with E-state index in [-0.39, 0.29) is 19.2 Å². The van der Waals surface area contributed by atoms with E-state index in [1.807, 2.05) is 18.2 Å². The summed E-state index contributed by atoms with van der Waals surface area (Å²) in [6.45, 7) is 5.33. The van der Waals surface area contributed by atoms with Gasteiger partial charge in [0.05, 0.1) is 6.54 Å². The number of carbonyl (C=O) groups is 1. The van der Waals surface area contributed by atoms with Crippen molar-refractivity contribution < 1.29 is 14.3 Å². The average Bonchev–Trinajstić information content (AvgIpc) is 2.81. The fourth-order valence-corrected chi connectivity index (χ4v) is 1.57. The molecule has 0 aliphatic carbocycles. The molecule has 0 unspecified atom stereocenters. The number of carbonyl (C=O) groups excluding carboxylic acids is 1. The number of hydrogen-bond acceptors (Lipinski definition) is 4. The molecular formula is C13H18N2O3. The van der Waals surface area contributed by atoms with Gasteiger partial charge in [0.2, 0.25) is 12.7 Å². The van der Waals surface area contributed by atoms with Crippen molar-refractivity contribution in [1.82, 2.24) is 5.32 Å². The van der Waals surface area contributed by atoms with Crippen LogP contribution in [0.3, 0.4) is 0 Å². The zero-order valence-corrected chi connectivity index (χ0v) is 10.7. The Kier molecular flexibility index (Phi) is 3.92. The maximum atomic E-state index is 11.5. The molecule has 0 saturated carbocycles. The van der Waals surface area contributed by atoms with Crippen LogP contribution in [-0.4, -0.2) is 25.8 Å².